The van der Waals surface area contributed by atoms with Gasteiger partial charge in [0.1, 0.15) is 16.9 Å². The molecule has 0 saturated heterocycles. The highest BCUT2D eigenvalue weighted by Gasteiger charge is 2.49. The Balaban J connectivity index is 1.38. The molecular formula is C24H27N5O. The maximum atomic E-state index is 13.3. The van der Waals surface area contributed by atoms with Crippen molar-refractivity contribution in [3.63, 3.8) is 0 Å². The Morgan fingerprint density at radius 3 is 2.57 bits per heavy atom. The molecule has 2 heterocycles. The second-order valence-corrected chi connectivity index (χ2v) is 8.42. The number of carbonyl (C=O) groups excluding carboxylic acids is 1. The van der Waals surface area contributed by atoms with Crippen LogP contribution in [0.4, 0.5) is 0 Å². The van der Waals surface area contributed by atoms with E-state index in [4.69, 9.17) is 4.99 Å². The molecule has 1 saturated carbocycles. The predicted molar refractivity (Wildman–Crippen MR) is 118 cm³/mol. The first-order chi connectivity index (χ1) is 14.7. The third-order valence-electron chi connectivity index (χ3n) is 6.36. The molecule has 5 rings (SSSR count). The molecule has 6 heteroatoms. The molecule has 1 aromatic heterocycles. The van der Waals surface area contributed by atoms with Crippen LogP contribution in [0.5, 0.6) is 0 Å². The monoisotopic (exact) mass is 401 g/mol. The summed E-state index contributed by atoms with van der Waals surface area (Å²) in [6.45, 7) is 2.76. The van der Waals surface area contributed by atoms with Crippen molar-refractivity contribution in [2.24, 2.45) is 4.99 Å². The molecule has 2 aromatic carbocycles. The maximum absolute atomic E-state index is 13.3. The smallest absolute Gasteiger partial charge is 0.256 e. The van der Waals surface area contributed by atoms with Crippen LogP contribution in [0.25, 0.3) is 16.7 Å². The van der Waals surface area contributed by atoms with Crippen LogP contribution in [0.2, 0.25) is 0 Å². The lowest BCUT2D eigenvalue weighted by atomic mass is 9.98. The number of hydrogen-bond donors (Lipinski definition) is 0. The number of aromatic nitrogens is 3. The van der Waals surface area contributed by atoms with Gasteiger partial charge >= 0.3 is 0 Å². The predicted octanol–water partition coefficient (Wildman–Crippen LogP) is 4.66. The molecule has 0 atom stereocenters. The summed E-state index contributed by atoms with van der Waals surface area (Å²) in [5, 5.41) is 8.52. The number of benzene rings is 2. The summed E-state index contributed by atoms with van der Waals surface area (Å²) in [4.78, 5) is 20.2. The number of nitrogens with zero attached hydrogens (tertiary/aromatic N) is 5. The number of rotatable bonds is 6. The summed E-state index contributed by atoms with van der Waals surface area (Å²) in [5.41, 5.74) is 3.46. The quantitative estimate of drug-likeness (QED) is 0.603. The van der Waals surface area contributed by atoms with E-state index in [0.29, 0.717) is 6.54 Å². The summed E-state index contributed by atoms with van der Waals surface area (Å²) in [5.74, 6) is 1.19. The largest absolute Gasteiger partial charge is 0.294 e. The van der Waals surface area contributed by atoms with Gasteiger partial charge in [-0.3, -0.25) is 14.7 Å². The Labute approximate surface area is 176 Å². The van der Waals surface area contributed by atoms with Gasteiger partial charge in [-0.1, -0.05) is 55.7 Å². The van der Waals surface area contributed by atoms with Crippen molar-refractivity contribution >= 4 is 22.8 Å². The highest BCUT2D eigenvalue weighted by Crippen LogP contribution is 2.40. The van der Waals surface area contributed by atoms with E-state index in [0.717, 1.165) is 73.1 Å². The summed E-state index contributed by atoms with van der Waals surface area (Å²) in [7, 11) is 0. The maximum Gasteiger partial charge on any atom is 0.256 e. The summed E-state index contributed by atoms with van der Waals surface area (Å²) in [6, 6.07) is 16.2. The van der Waals surface area contributed by atoms with Crippen molar-refractivity contribution < 1.29 is 4.79 Å². The van der Waals surface area contributed by atoms with Crippen LogP contribution in [-0.2, 0) is 11.3 Å². The minimum absolute atomic E-state index is 0.206. The highest BCUT2D eigenvalue weighted by atomic mass is 16.2. The molecule has 1 amide bonds. The molecule has 0 radical (unpaired) electrons. The first kappa shape index (κ1) is 19.0. The number of amides is 1. The van der Waals surface area contributed by atoms with E-state index in [1.165, 1.54) is 0 Å². The van der Waals surface area contributed by atoms with Gasteiger partial charge in [-0.15, -0.1) is 5.10 Å². The van der Waals surface area contributed by atoms with Crippen molar-refractivity contribution in [1.29, 1.82) is 0 Å². The lowest BCUT2D eigenvalue weighted by Gasteiger charge is -2.22. The SMILES string of the molecule is CCCCC1=NC2(CCCC2)C(=O)N1Cc1ccc(-n2nnc3ccccc32)cc1. The van der Waals surface area contributed by atoms with Gasteiger partial charge < -0.3 is 0 Å². The number of unbranched alkanes of at least 4 members (excludes halogenated alkanes) is 1. The van der Waals surface area contributed by atoms with Gasteiger partial charge in [-0.25, -0.2) is 4.68 Å². The van der Waals surface area contributed by atoms with Gasteiger partial charge in [-0.05, 0) is 49.1 Å². The molecule has 154 valence electrons. The van der Waals surface area contributed by atoms with E-state index < -0.39 is 5.54 Å². The molecule has 0 N–H and O–H groups in total. The zero-order chi connectivity index (χ0) is 20.6. The number of aliphatic imine (C=N–C) groups is 1. The van der Waals surface area contributed by atoms with E-state index in [-0.39, 0.29) is 5.91 Å². The minimum Gasteiger partial charge on any atom is -0.294 e. The second-order valence-electron chi connectivity index (χ2n) is 8.42. The van der Waals surface area contributed by atoms with Gasteiger partial charge in [0.25, 0.3) is 5.91 Å². The summed E-state index contributed by atoms with van der Waals surface area (Å²) >= 11 is 0. The molecule has 1 spiro atoms. The Bertz CT molecular complexity index is 1090. The zero-order valence-electron chi connectivity index (χ0n) is 17.4. The van der Waals surface area contributed by atoms with E-state index in [9.17, 15) is 4.79 Å². The average Bonchev–Trinajstić information content (AvgIpc) is 3.48. The van der Waals surface area contributed by atoms with Gasteiger partial charge in [0, 0.05) is 6.42 Å². The third kappa shape index (κ3) is 3.20. The molecule has 6 nitrogen and oxygen atoms in total. The van der Waals surface area contributed by atoms with E-state index in [2.05, 4.69) is 29.4 Å². The Morgan fingerprint density at radius 2 is 1.80 bits per heavy atom. The van der Waals surface area contributed by atoms with Crippen LogP contribution in [0.3, 0.4) is 0 Å². The van der Waals surface area contributed by atoms with Crippen LogP contribution in [0.1, 0.15) is 57.4 Å². The van der Waals surface area contributed by atoms with Crippen molar-refractivity contribution in [2.45, 2.75) is 64.0 Å². The van der Waals surface area contributed by atoms with Crippen molar-refractivity contribution in [2.75, 3.05) is 0 Å². The zero-order valence-corrected chi connectivity index (χ0v) is 17.4. The van der Waals surface area contributed by atoms with Gasteiger partial charge in [0.15, 0.2) is 0 Å². The van der Waals surface area contributed by atoms with E-state index >= 15 is 0 Å². The summed E-state index contributed by atoms with van der Waals surface area (Å²) < 4.78 is 1.85. The molecule has 0 unspecified atom stereocenters. The first-order valence-electron chi connectivity index (χ1n) is 11.0. The van der Waals surface area contributed by atoms with Crippen LogP contribution in [0, 0.1) is 0 Å². The molecule has 1 aliphatic heterocycles. The van der Waals surface area contributed by atoms with E-state index in [1.54, 1.807) is 0 Å². The lowest BCUT2D eigenvalue weighted by Crippen LogP contribution is -2.40. The topological polar surface area (TPSA) is 63.4 Å². The molecule has 30 heavy (non-hydrogen) atoms. The van der Waals surface area contributed by atoms with Crippen molar-refractivity contribution in [3.05, 3.63) is 54.1 Å². The number of hydrogen-bond acceptors (Lipinski definition) is 4. The molecular weight excluding hydrogens is 374 g/mol. The van der Waals surface area contributed by atoms with Crippen LogP contribution >= 0.6 is 0 Å². The average molecular weight is 402 g/mol. The summed E-state index contributed by atoms with van der Waals surface area (Å²) in [6.07, 6.45) is 7.06. The standard InChI is InChI=1S/C24H27N5O/c1-2-3-10-22-25-24(15-6-7-16-24)23(30)28(22)17-18-11-13-19(14-12-18)29-21-9-5-4-8-20(21)26-27-29/h4-5,8-9,11-14H,2-3,6-7,10,15-17H2,1H3. The third-order valence-corrected chi connectivity index (χ3v) is 6.36. The number of amidine groups is 1. The Morgan fingerprint density at radius 1 is 1.03 bits per heavy atom. The van der Waals surface area contributed by atoms with Crippen LogP contribution in [0.15, 0.2) is 53.5 Å². The van der Waals surface area contributed by atoms with Gasteiger partial charge in [0.2, 0.25) is 0 Å². The minimum atomic E-state index is -0.470. The fourth-order valence-electron chi connectivity index (χ4n) is 4.68. The lowest BCUT2D eigenvalue weighted by molar-refractivity contribution is -0.131. The fraction of sp³-hybridized carbons (Fsp3) is 0.417. The normalized spacial score (nSPS) is 18.0. The fourth-order valence-corrected chi connectivity index (χ4v) is 4.68. The molecule has 2 aliphatic rings. The van der Waals surface area contributed by atoms with Gasteiger partial charge in [0.05, 0.1) is 17.7 Å². The highest BCUT2D eigenvalue weighted by molar-refractivity contribution is 6.08. The number of carbonyl (C=O) groups is 1. The van der Waals surface area contributed by atoms with Crippen molar-refractivity contribution in [1.82, 2.24) is 19.9 Å². The number of fused-ring (bicyclic) bond motifs is 1. The molecule has 3 aromatic rings. The van der Waals surface area contributed by atoms with Crippen molar-refractivity contribution in [3.8, 4) is 5.69 Å². The van der Waals surface area contributed by atoms with Crippen LogP contribution in [-0.4, -0.2) is 37.2 Å². The van der Waals surface area contributed by atoms with Gasteiger partial charge in [-0.2, -0.15) is 0 Å². The number of para-hydroxylation sites is 1. The molecule has 1 aliphatic carbocycles. The molecule has 1 fully saturated rings. The van der Waals surface area contributed by atoms with E-state index in [1.807, 2.05) is 46.0 Å². The Kier molecular flexibility index (Phi) is 4.85. The van der Waals surface area contributed by atoms with Crippen LogP contribution < -0.4 is 0 Å². The Hall–Kier alpha value is -3.02. The second kappa shape index (κ2) is 7.67. The first-order valence-corrected chi connectivity index (χ1v) is 11.0. The molecule has 0 bridgehead atoms.